The van der Waals surface area contributed by atoms with E-state index in [9.17, 15) is 14.4 Å². The molecule has 5 heteroatoms. The van der Waals surface area contributed by atoms with Gasteiger partial charge in [-0.25, -0.2) is 0 Å². The Balaban J connectivity index is 2.29. The molecule has 134 valence electrons. The van der Waals surface area contributed by atoms with Gasteiger partial charge in [-0.05, 0) is 39.2 Å². The fourth-order valence-corrected chi connectivity index (χ4v) is 2.90. The maximum atomic E-state index is 13.0. The lowest BCUT2D eigenvalue weighted by Gasteiger charge is -2.29. The predicted molar refractivity (Wildman–Crippen MR) is 93.1 cm³/mol. The highest BCUT2D eigenvalue weighted by Gasteiger charge is 2.52. The molecule has 1 aromatic rings. The SMILES string of the molecule is COC(=O)C/C=C/C[C@@]1(C(=O)OC(C)(C)C)Cc2ccccc2C1=O. The lowest BCUT2D eigenvalue weighted by molar-refractivity contribution is -0.164. The molecular formula is C20H24O5. The number of fused-ring (bicyclic) bond motifs is 1. The van der Waals surface area contributed by atoms with Crippen LogP contribution in [0.15, 0.2) is 36.4 Å². The number of rotatable bonds is 5. The molecule has 1 aliphatic carbocycles. The van der Waals surface area contributed by atoms with Crippen LogP contribution in [0.4, 0.5) is 0 Å². The van der Waals surface area contributed by atoms with Crippen LogP contribution in [0.3, 0.4) is 0 Å². The quantitative estimate of drug-likeness (QED) is 0.466. The standard InChI is InChI=1S/C20H24O5/c1-19(2,3)25-18(23)20(12-8-7-11-16(21)24-4)13-14-9-5-6-10-15(14)17(20)22/h5-10H,11-13H2,1-4H3/b8-7+/t20-/m1/s1. The van der Waals surface area contributed by atoms with Crippen LogP contribution in [-0.4, -0.2) is 30.4 Å². The molecule has 0 aromatic heterocycles. The number of benzene rings is 1. The first-order valence-corrected chi connectivity index (χ1v) is 8.27. The van der Waals surface area contributed by atoms with Gasteiger partial charge in [0.15, 0.2) is 5.78 Å². The number of hydrogen-bond acceptors (Lipinski definition) is 5. The summed E-state index contributed by atoms with van der Waals surface area (Å²) in [4.78, 5) is 37.1. The van der Waals surface area contributed by atoms with Crippen LogP contribution in [0.5, 0.6) is 0 Å². The van der Waals surface area contributed by atoms with Crippen LogP contribution < -0.4 is 0 Å². The maximum Gasteiger partial charge on any atom is 0.321 e. The summed E-state index contributed by atoms with van der Waals surface area (Å²) in [7, 11) is 1.31. The third-order valence-corrected chi connectivity index (χ3v) is 4.12. The molecular weight excluding hydrogens is 320 g/mol. The zero-order valence-electron chi connectivity index (χ0n) is 15.1. The molecule has 0 N–H and O–H groups in total. The van der Waals surface area contributed by atoms with Crippen LogP contribution in [-0.2, 0) is 25.5 Å². The molecule has 0 fully saturated rings. The largest absolute Gasteiger partial charge is 0.469 e. The van der Waals surface area contributed by atoms with Crippen molar-refractivity contribution in [2.24, 2.45) is 5.41 Å². The van der Waals surface area contributed by atoms with Gasteiger partial charge in [0.1, 0.15) is 11.0 Å². The molecule has 1 aliphatic rings. The smallest absolute Gasteiger partial charge is 0.321 e. The summed E-state index contributed by atoms with van der Waals surface area (Å²) >= 11 is 0. The van der Waals surface area contributed by atoms with Gasteiger partial charge in [-0.15, -0.1) is 0 Å². The topological polar surface area (TPSA) is 69.7 Å². The molecule has 0 aliphatic heterocycles. The number of ether oxygens (including phenoxy) is 2. The summed E-state index contributed by atoms with van der Waals surface area (Å²) in [5.74, 6) is -1.12. The van der Waals surface area contributed by atoms with Crippen LogP contribution in [0, 0.1) is 5.41 Å². The number of ketones is 1. The van der Waals surface area contributed by atoms with Crippen molar-refractivity contribution in [3.05, 3.63) is 47.5 Å². The second-order valence-electron chi connectivity index (χ2n) is 7.20. The molecule has 0 radical (unpaired) electrons. The van der Waals surface area contributed by atoms with Crippen LogP contribution in [0.2, 0.25) is 0 Å². The van der Waals surface area contributed by atoms with Gasteiger partial charge >= 0.3 is 11.9 Å². The van der Waals surface area contributed by atoms with Gasteiger partial charge in [-0.2, -0.15) is 0 Å². The van der Waals surface area contributed by atoms with Crippen molar-refractivity contribution in [3.8, 4) is 0 Å². The third kappa shape index (κ3) is 4.16. The van der Waals surface area contributed by atoms with Crippen molar-refractivity contribution in [2.75, 3.05) is 7.11 Å². The lowest BCUT2D eigenvalue weighted by atomic mass is 9.80. The third-order valence-electron chi connectivity index (χ3n) is 4.12. The highest BCUT2D eigenvalue weighted by molar-refractivity contribution is 6.16. The first kappa shape index (κ1) is 18.9. The highest BCUT2D eigenvalue weighted by atomic mass is 16.6. The van der Waals surface area contributed by atoms with Gasteiger partial charge in [0.25, 0.3) is 0 Å². The summed E-state index contributed by atoms with van der Waals surface area (Å²) in [5, 5.41) is 0. The van der Waals surface area contributed by atoms with E-state index in [0.29, 0.717) is 12.0 Å². The monoisotopic (exact) mass is 344 g/mol. The molecule has 0 saturated carbocycles. The lowest BCUT2D eigenvalue weighted by Crippen LogP contribution is -2.42. The Morgan fingerprint density at radius 2 is 1.88 bits per heavy atom. The Morgan fingerprint density at radius 3 is 2.48 bits per heavy atom. The molecule has 0 amide bonds. The van der Waals surface area contributed by atoms with Gasteiger partial charge in [0, 0.05) is 5.56 Å². The predicted octanol–water partition coefficient (Wildman–Crippen LogP) is 3.26. The number of methoxy groups -OCH3 is 1. The van der Waals surface area contributed by atoms with E-state index in [1.165, 1.54) is 7.11 Å². The van der Waals surface area contributed by atoms with E-state index in [0.717, 1.165) is 5.56 Å². The van der Waals surface area contributed by atoms with E-state index < -0.39 is 17.0 Å². The molecule has 0 heterocycles. The molecule has 0 bridgehead atoms. The van der Waals surface area contributed by atoms with Crippen LogP contribution in [0.25, 0.3) is 0 Å². The summed E-state index contributed by atoms with van der Waals surface area (Å²) in [6.07, 6.45) is 3.90. The summed E-state index contributed by atoms with van der Waals surface area (Å²) in [5.41, 5.74) is -0.548. The first-order chi connectivity index (χ1) is 11.7. The summed E-state index contributed by atoms with van der Waals surface area (Å²) in [6, 6.07) is 7.23. The number of esters is 2. The van der Waals surface area contributed by atoms with Crippen molar-refractivity contribution >= 4 is 17.7 Å². The number of carbonyl (C=O) groups excluding carboxylic acids is 3. The fourth-order valence-electron chi connectivity index (χ4n) is 2.90. The normalized spacial score (nSPS) is 19.8. The highest BCUT2D eigenvalue weighted by Crippen LogP contribution is 2.42. The van der Waals surface area contributed by atoms with Crippen molar-refractivity contribution in [3.63, 3.8) is 0 Å². The van der Waals surface area contributed by atoms with E-state index in [1.807, 2.05) is 12.1 Å². The van der Waals surface area contributed by atoms with E-state index in [1.54, 1.807) is 45.1 Å². The second kappa shape index (κ2) is 7.21. The molecule has 1 atom stereocenters. The molecule has 5 nitrogen and oxygen atoms in total. The number of allylic oxidation sites excluding steroid dienone is 1. The van der Waals surface area contributed by atoms with Crippen molar-refractivity contribution in [2.45, 2.75) is 45.6 Å². The van der Waals surface area contributed by atoms with E-state index in [2.05, 4.69) is 4.74 Å². The van der Waals surface area contributed by atoms with E-state index in [-0.39, 0.29) is 24.6 Å². The van der Waals surface area contributed by atoms with Gasteiger partial charge in [-0.3, -0.25) is 14.4 Å². The number of hydrogen-bond donors (Lipinski definition) is 0. The van der Waals surface area contributed by atoms with Gasteiger partial charge in [-0.1, -0.05) is 36.4 Å². The van der Waals surface area contributed by atoms with Crippen LogP contribution in [0.1, 0.15) is 49.5 Å². The Morgan fingerprint density at radius 1 is 1.20 bits per heavy atom. The van der Waals surface area contributed by atoms with Gasteiger partial charge < -0.3 is 9.47 Å². The fraction of sp³-hybridized carbons (Fsp3) is 0.450. The van der Waals surface area contributed by atoms with E-state index in [4.69, 9.17) is 4.74 Å². The van der Waals surface area contributed by atoms with Crippen LogP contribution >= 0.6 is 0 Å². The summed E-state index contributed by atoms with van der Waals surface area (Å²) in [6.45, 7) is 5.33. The Labute approximate surface area is 148 Å². The maximum absolute atomic E-state index is 13.0. The molecule has 0 spiro atoms. The zero-order valence-corrected chi connectivity index (χ0v) is 15.1. The minimum Gasteiger partial charge on any atom is -0.469 e. The minimum absolute atomic E-state index is 0.0992. The molecule has 2 rings (SSSR count). The molecule has 1 aromatic carbocycles. The zero-order chi connectivity index (χ0) is 18.7. The Kier molecular flexibility index (Phi) is 5.45. The molecule has 0 saturated heterocycles. The van der Waals surface area contributed by atoms with Crippen molar-refractivity contribution in [1.29, 1.82) is 0 Å². The molecule has 0 unspecified atom stereocenters. The van der Waals surface area contributed by atoms with Crippen molar-refractivity contribution < 1.29 is 23.9 Å². The first-order valence-electron chi connectivity index (χ1n) is 8.27. The van der Waals surface area contributed by atoms with E-state index >= 15 is 0 Å². The Hall–Kier alpha value is -2.43. The van der Waals surface area contributed by atoms with Gasteiger partial charge in [0.2, 0.25) is 0 Å². The van der Waals surface area contributed by atoms with Crippen molar-refractivity contribution in [1.82, 2.24) is 0 Å². The summed E-state index contributed by atoms with van der Waals surface area (Å²) < 4.78 is 10.1. The number of carbonyl (C=O) groups is 3. The molecule has 25 heavy (non-hydrogen) atoms. The average Bonchev–Trinajstić information content (AvgIpc) is 2.84. The second-order valence-corrected chi connectivity index (χ2v) is 7.20. The minimum atomic E-state index is -1.27. The number of Topliss-reactive ketones (excluding diaryl/α,β-unsaturated/α-hetero) is 1. The average molecular weight is 344 g/mol. The Bertz CT molecular complexity index is 711. The van der Waals surface area contributed by atoms with Gasteiger partial charge in [0.05, 0.1) is 13.5 Å².